The lowest BCUT2D eigenvalue weighted by Crippen LogP contribution is -2.30. The van der Waals surface area contributed by atoms with Crippen LogP contribution >= 0.6 is 15.9 Å². The normalized spacial score (nSPS) is 14.3. The fourth-order valence-corrected chi connectivity index (χ4v) is 3.53. The standard InChI is InChI=1S/C10H10BrF3O3S/c1-17-7-2-4-8(5-3-7)18(15,16)6-9(11)10(12,13)14/h2-5,9H,6H2,1H3. The molecule has 8 heteroatoms. The van der Waals surface area contributed by atoms with Crippen LogP contribution in [-0.4, -0.2) is 32.3 Å². The molecule has 0 spiro atoms. The summed E-state index contributed by atoms with van der Waals surface area (Å²) in [6.07, 6.45) is -4.60. The van der Waals surface area contributed by atoms with E-state index in [0.29, 0.717) is 5.75 Å². The molecule has 0 aromatic heterocycles. The van der Waals surface area contributed by atoms with Crippen molar-refractivity contribution in [2.75, 3.05) is 12.9 Å². The van der Waals surface area contributed by atoms with Gasteiger partial charge in [-0.1, -0.05) is 15.9 Å². The van der Waals surface area contributed by atoms with Gasteiger partial charge in [0.15, 0.2) is 9.84 Å². The number of methoxy groups -OCH3 is 1. The number of ether oxygens (including phenoxy) is 1. The number of alkyl halides is 4. The summed E-state index contributed by atoms with van der Waals surface area (Å²) in [7, 11) is -2.59. The molecule has 0 amide bonds. The van der Waals surface area contributed by atoms with Gasteiger partial charge < -0.3 is 4.74 Å². The van der Waals surface area contributed by atoms with Gasteiger partial charge in [0.2, 0.25) is 0 Å². The predicted octanol–water partition coefficient (Wildman–Crippen LogP) is 2.79. The average molecular weight is 347 g/mol. The molecule has 1 aromatic carbocycles. The zero-order chi connectivity index (χ0) is 14.0. The Morgan fingerprint density at radius 2 is 1.78 bits per heavy atom. The minimum absolute atomic E-state index is 0.169. The fourth-order valence-electron chi connectivity index (χ4n) is 1.17. The summed E-state index contributed by atoms with van der Waals surface area (Å²) in [5, 5.41) is 0. The third-order valence-corrected chi connectivity index (χ3v) is 5.17. The molecule has 0 saturated carbocycles. The van der Waals surface area contributed by atoms with Crippen molar-refractivity contribution in [1.82, 2.24) is 0 Å². The lowest BCUT2D eigenvalue weighted by Gasteiger charge is -2.14. The van der Waals surface area contributed by atoms with Gasteiger partial charge >= 0.3 is 6.18 Å². The Morgan fingerprint density at radius 3 is 2.17 bits per heavy atom. The molecule has 18 heavy (non-hydrogen) atoms. The third-order valence-electron chi connectivity index (χ3n) is 2.14. The molecule has 0 N–H and O–H groups in total. The van der Waals surface area contributed by atoms with Gasteiger partial charge in [-0.05, 0) is 24.3 Å². The number of halogens is 4. The maximum Gasteiger partial charge on any atom is 0.402 e. The summed E-state index contributed by atoms with van der Waals surface area (Å²) in [5.74, 6) is -0.608. The molecule has 0 aliphatic rings. The highest BCUT2D eigenvalue weighted by molar-refractivity contribution is 9.09. The van der Waals surface area contributed by atoms with Crippen LogP contribution in [0.5, 0.6) is 5.75 Å². The quantitative estimate of drug-likeness (QED) is 0.787. The molecule has 1 unspecified atom stereocenters. The van der Waals surface area contributed by atoms with Crippen LogP contribution in [0.1, 0.15) is 0 Å². The molecule has 1 aromatic rings. The van der Waals surface area contributed by atoms with Gasteiger partial charge in [0.05, 0.1) is 17.8 Å². The topological polar surface area (TPSA) is 43.4 Å². The number of hydrogen-bond donors (Lipinski definition) is 0. The van der Waals surface area contributed by atoms with E-state index < -0.39 is 26.6 Å². The Bertz CT molecular complexity index is 496. The minimum atomic E-state index is -4.60. The maximum absolute atomic E-state index is 12.3. The highest BCUT2D eigenvalue weighted by Crippen LogP contribution is 2.29. The molecule has 0 fully saturated rings. The van der Waals surface area contributed by atoms with E-state index in [2.05, 4.69) is 15.9 Å². The molecule has 0 heterocycles. The predicted molar refractivity (Wildman–Crippen MR) is 63.8 cm³/mol. The number of hydrogen-bond acceptors (Lipinski definition) is 3. The van der Waals surface area contributed by atoms with Gasteiger partial charge in [0.25, 0.3) is 0 Å². The Kier molecular flexibility index (Phi) is 4.66. The molecule has 102 valence electrons. The van der Waals surface area contributed by atoms with E-state index in [9.17, 15) is 21.6 Å². The second-order valence-corrected chi connectivity index (χ2v) is 6.61. The van der Waals surface area contributed by atoms with Crippen LogP contribution < -0.4 is 4.74 Å². The molecule has 0 aliphatic carbocycles. The fraction of sp³-hybridized carbons (Fsp3) is 0.400. The molecular weight excluding hydrogens is 337 g/mol. The van der Waals surface area contributed by atoms with Crippen LogP contribution in [-0.2, 0) is 9.84 Å². The summed E-state index contributed by atoms with van der Waals surface area (Å²) < 4.78 is 65.1. The molecular formula is C10H10BrF3O3S. The Morgan fingerprint density at radius 1 is 1.28 bits per heavy atom. The van der Waals surface area contributed by atoms with Crippen molar-refractivity contribution < 1.29 is 26.3 Å². The Labute approximate surface area is 111 Å². The van der Waals surface area contributed by atoms with Gasteiger partial charge in [-0.25, -0.2) is 8.42 Å². The van der Waals surface area contributed by atoms with Crippen molar-refractivity contribution in [1.29, 1.82) is 0 Å². The van der Waals surface area contributed by atoms with E-state index in [-0.39, 0.29) is 4.90 Å². The SMILES string of the molecule is COc1ccc(S(=O)(=O)CC(Br)C(F)(F)F)cc1. The molecule has 1 rings (SSSR count). The van der Waals surface area contributed by atoms with Gasteiger partial charge in [-0.3, -0.25) is 0 Å². The first kappa shape index (κ1) is 15.3. The first-order valence-corrected chi connectivity index (χ1v) is 7.31. The maximum atomic E-state index is 12.3. The lowest BCUT2D eigenvalue weighted by atomic mass is 10.3. The summed E-state index contributed by atoms with van der Waals surface area (Å²) in [5.41, 5.74) is 0. The largest absolute Gasteiger partial charge is 0.497 e. The van der Waals surface area contributed by atoms with Crippen molar-refractivity contribution in [3.63, 3.8) is 0 Å². The highest BCUT2D eigenvalue weighted by Gasteiger charge is 2.40. The monoisotopic (exact) mass is 346 g/mol. The van der Waals surface area contributed by atoms with Crippen LogP contribution in [0.15, 0.2) is 29.2 Å². The van der Waals surface area contributed by atoms with Gasteiger partial charge in [0, 0.05) is 0 Å². The van der Waals surface area contributed by atoms with Gasteiger partial charge in [-0.2, -0.15) is 13.2 Å². The van der Waals surface area contributed by atoms with Crippen LogP contribution in [0, 0.1) is 0 Å². The van der Waals surface area contributed by atoms with E-state index in [1.54, 1.807) is 0 Å². The Hall–Kier alpha value is -0.760. The molecule has 0 radical (unpaired) electrons. The molecule has 0 bridgehead atoms. The van der Waals surface area contributed by atoms with Crippen LogP contribution in [0.2, 0.25) is 0 Å². The Balaban J connectivity index is 2.93. The van der Waals surface area contributed by atoms with Crippen LogP contribution in [0.4, 0.5) is 13.2 Å². The van der Waals surface area contributed by atoms with E-state index in [0.717, 1.165) is 0 Å². The van der Waals surface area contributed by atoms with Crippen molar-refractivity contribution in [3.05, 3.63) is 24.3 Å². The highest BCUT2D eigenvalue weighted by atomic mass is 79.9. The average Bonchev–Trinajstić information content (AvgIpc) is 2.27. The van der Waals surface area contributed by atoms with Gasteiger partial charge in [-0.15, -0.1) is 0 Å². The number of rotatable bonds is 4. The van der Waals surface area contributed by atoms with Crippen molar-refractivity contribution in [2.24, 2.45) is 0 Å². The molecule has 0 saturated heterocycles. The molecule has 3 nitrogen and oxygen atoms in total. The van der Waals surface area contributed by atoms with E-state index in [1.165, 1.54) is 31.4 Å². The molecule has 1 atom stereocenters. The first-order valence-electron chi connectivity index (χ1n) is 4.74. The van der Waals surface area contributed by atoms with E-state index in [1.807, 2.05) is 0 Å². The van der Waals surface area contributed by atoms with Gasteiger partial charge in [0.1, 0.15) is 10.6 Å². The number of benzene rings is 1. The van der Waals surface area contributed by atoms with Crippen molar-refractivity contribution >= 4 is 25.8 Å². The van der Waals surface area contributed by atoms with Crippen LogP contribution in [0.3, 0.4) is 0 Å². The zero-order valence-corrected chi connectivity index (χ0v) is 11.6. The summed E-state index contributed by atoms with van der Waals surface area (Å²) in [4.78, 5) is -2.26. The molecule has 0 aliphatic heterocycles. The zero-order valence-electron chi connectivity index (χ0n) is 9.24. The smallest absolute Gasteiger partial charge is 0.402 e. The van der Waals surface area contributed by atoms with E-state index in [4.69, 9.17) is 4.74 Å². The second-order valence-electron chi connectivity index (χ2n) is 3.47. The van der Waals surface area contributed by atoms with Crippen molar-refractivity contribution in [3.8, 4) is 5.75 Å². The minimum Gasteiger partial charge on any atom is -0.497 e. The van der Waals surface area contributed by atoms with E-state index >= 15 is 0 Å². The van der Waals surface area contributed by atoms with Crippen molar-refractivity contribution in [2.45, 2.75) is 15.9 Å². The summed E-state index contributed by atoms with van der Waals surface area (Å²) >= 11 is 2.33. The van der Waals surface area contributed by atoms with Crippen LogP contribution in [0.25, 0.3) is 0 Å². The first-order chi connectivity index (χ1) is 8.16. The second kappa shape index (κ2) is 5.48. The lowest BCUT2D eigenvalue weighted by molar-refractivity contribution is -0.123. The number of sulfone groups is 1. The third kappa shape index (κ3) is 3.88. The summed E-state index contributed by atoms with van der Waals surface area (Å²) in [6, 6.07) is 5.18. The summed E-state index contributed by atoms with van der Waals surface area (Å²) in [6.45, 7) is 0.